The predicted octanol–water partition coefficient (Wildman–Crippen LogP) is 2.43. The Bertz CT molecular complexity index is 694. The van der Waals surface area contributed by atoms with Crippen LogP contribution < -0.4 is 14.8 Å². The number of nitriles is 1. The minimum Gasteiger partial charge on any atom is -0.454 e. The summed E-state index contributed by atoms with van der Waals surface area (Å²) in [5.74, 6) is 1.33. The van der Waals surface area contributed by atoms with Gasteiger partial charge in [-0.25, -0.2) is 0 Å². The molecule has 0 aliphatic carbocycles. The number of para-hydroxylation sites is 1. The molecule has 1 aliphatic rings. The first kappa shape index (κ1) is 13.3. The Morgan fingerprint density at radius 2 is 2.00 bits per heavy atom. The Morgan fingerprint density at radius 3 is 2.86 bits per heavy atom. The van der Waals surface area contributed by atoms with E-state index in [-0.39, 0.29) is 6.79 Å². The van der Waals surface area contributed by atoms with E-state index in [0.29, 0.717) is 29.3 Å². The quantitative estimate of drug-likeness (QED) is 0.901. The van der Waals surface area contributed by atoms with Crippen molar-refractivity contribution in [2.75, 3.05) is 18.7 Å². The maximum atomic E-state index is 10.2. The van der Waals surface area contributed by atoms with Gasteiger partial charge < -0.3 is 19.9 Å². The highest BCUT2D eigenvalue weighted by Crippen LogP contribution is 2.34. The van der Waals surface area contributed by atoms with E-state index in [1.54, 1.807) is 30.3 Å². The topological polar surface area (TPSA) is 74.5 Å². The van der Waals surface area contributed by atoms with Gasteiger partial charge in [0.15, 0.2) is 11.5 Å². The Kier molecular flexibility index (Phi) is 3.63. The molecule has 0 aromatic heterocycles. The summed E-state index contributed by atoms with van der Waals surface area (Å²) in [5.41, 5.74) is 2.00. The number of aliphatic hydroxyl groups is 1. The highest BCUT2D eigenvalue weighted by molar-refractivity contribution is 5.57. The van der Waals surface area contributed by atoms with Crippen LogP contribution in [0.15, 0.2) is 42.5 Å². The van der Waals surface area contributed by atoms with Gasteiger partial charge in [0, 0.05) is 6.54 Å². The molecule has 1 atom stereocenters. The van der Waals surface area contributed by atoms with Crippen LogP contribution in [-0.2, 0) is 0 Å². The molecular formula is C16H14N2O3. The van der Waals surface area contributed by atoms with E-state index in [2.05, 4.69) is 11.4 Å². The summed E-state index contributed by atoms with van der Waals surface area (Å²) < 4.78 is 10.5. The van der Waals surface area contributed by atoms with Crippen molar-refractivity contribution in [2.45, 2.75) is 6.10 Å². The van der Waals surface area contributed by atoms with Crippen molar-refractivity contribution < 1.29 is 14.6 Å². The van der Waals surface area contributed by atoms with Gasteiger partial charge in [0.2, 0.25) is 6.79 Å². The number of anilines is 1. The third-order valence-corrected chi connectivity index (χ3v) is 3.31. The molecule has 0 fully saturated rings. The summed E-state index contributed by atoms with van der Waals surface area (Å²) in [6, 6.07) is 14.7. The average molecular weight is 282 g/mol. The third-order valence-electron chi connectivity index (χ3n) is 3.31. The molecule has 5 heteroatoms. The summed E-state index contributed by atoms with van der Waals surface area (Å²) in [7, 11) is 0. The summed E-state index contributed by atoms with van der Waals surface area (Å²) in [6.07, 6.45) is -0.703. The summed E-state index contributed by atoms with van der Waals surface area (Å²) >= 11 is 0. The zero-order valence-electron chi connectivity index (χ0n) is 11.2. The first-order chi connectivity index (χ1) is 10.3. The number of fused-ring (bicyclic) bond motifs is 1. The van der Waals surface area contributed by atoms with Crippen LogP contribution in [0.3, 0.4) is 0 Å². The number of aliphatic hydroxyl groups excluding tert-OH is 1. The van der Waals surface area contributed by atoms with Gasteiger partial charge in [-0.15, -0.1) is 0 Å². The lowest BCUT2D eigenvalue weighted by molar-refractivity contribution is 0.173. The molecule has 0 radical (unpaired) electrons. The van der Waals surface area contributed by atoms with Crippen LogP contribution in [0.4, 0.5) is 5.69 Å². The molecule has 1 aliphatic heterocycles. The number of hydrogen-bond acceptors (Lipinski definition) is 5. The van der Waals surface area contributed by atoms with Crippen LogP contribution in [0.25, 0.3) is 0 Å². The van der Waals surface area contributed by atoms with Crippen molar-refractivity contribution in [1.82, 2.24) is 0 Å². The van der Waals surface area contributed by atoms with E-state index >= 15 is 0 Å². The molecule has 1 unspecified atom stereocenters. The fourth-order valence-corrected chi connectivity index (χ4v) is 2.18. The Hall–Kier alpha value is -2.71. The van der Waals surface area contributed by atoms with Crippen molar-refractivity contribution in [3.63, 3.8) is 0 Å². The van der Waals surface area contributed by atoms with E-state index in [1.165, 1.54) is 0 Å². The molecule has 0 spiro atoms. The van der Waals surface area contributed by atoms with Crippen LogP contribution >= 0.6 is 0 Å². The SMILES string of the molecule is N#Cc1ccccc1NCC(O)c1ccc2c(c1)OCO2. The summed E-state index contributed by atoms with van der Waals surface area (Å²) in [4.78, 5) is 0. The van der Waals surface area contributed by atoms with Crippen LogP contribution in [0.5, 0.6) is 11.5 Å². The molecule has 0 amide bonds. The van der Waals surface area contributed by atoms with Crippen molar-refractivity contribution in [3.8, 4) is 17.6 Å². The van der Waals surface area contributed by atoms with Crippen molar-refractivity contribution in [2.24, 2.45) is 0 Å². The number of nitrogens with zero attached hydrogens (tertiary/aromatic N) is 1. The van der Waals surface area contributed by atoms with Gasteiger partial charge in [0.25, 0.3) is 0 Å². The second kappa shape index (κ2) is 5.73. The Labute approximate surface area is 122 Å². The standard InChI is InChI=1S/C16H14N2O3/c17-8-12-3-1-2-4-13(12)18-9-14(19)11-5-6-15-16(7-11)21-10-20-15/h1-7,14,18-19H,9-10H2. The molecule has 2 aromatic carbocycles. The lowest BCUT2D eigenvalue weighted by Gasteiger charge is -2.14. The minimum atomic E-state index is -0.703. The fourth-order valence-electron chi connectivity index (χ4n) is 2.18. The maximum absolute atomic E-state index is 10.2. The number of hydrogen-bond donors (Lipinski definition) is 2. The minimum absolute atomic E-state index is 0.211. The average Bonchev–Trinajstić information content (AvgIpc) is 3.00. The van der Waals surface area contributed by atoms with Crippen molar-refractivity contribution >= 4 is 5.69 Å². The molecule has 0 saturated heterocycles. The number of rotatable bonds is 4. The largest absolute Gasteiger partial charge is 0.454 e. The van der Waals surface area contributed by atoms with E-state index in [1.807, 2.05) is 12.1 Å². The lowest BCUT2D eigenvalue weighted by Crippen LogP contribution is -2.12. The highest BCUT2D eigenvalue weighted by atomic mass is 16.7. The van der Waals surface area contributed by atoms with Crippen LogP contribution in [0.2, 0.25) is 0 Å². The van der Waals surface area contributed by atoms with Crippen molar-refractivity contribution in [1.29, 1.82) is 5.26 Å². The fraction of sp³-hybridized carbons (Fsp3) is 0.188. The number of nitrogens with one attached hydrogen (secondary N) is 1. The van der Waals surface area contributed by atoms with Gasteiger partial charge in [-0.1, -0.05) is 18.2 Å². The van der Waals surface area contributed by atoms with E-state index < -0.39 is 6.10 Å². The van der Waals surface area contributed by atoms with Gasteiger partial charge in [0.1, 0.15) is 6.07 Å². The monoisotopic (exact) mass is 282 g/mol. The molecule has 21 heavy (non-hydrogen) atoms. The zero-order valence-corrected chi connectivity index (χ0v) is 11.2. The molecule has 2 aromatic rings. The van der Waals surface area contributed by atoms with Gasteiger partial charge in [-0.3, -0.25) is 0 Å². The van der Waals surface area contributed by atoms with Crippen molar-refractivity contribution in [3.05, 3.63) is 53.6 Å². The van der Waals surface area contributed by atoms with E-state index in [9.17, 15) is 5.11 Å². The molecule has 0 bridgehead atoms. The molecule has 1 heterocycles. The normalized spacial score (nSPS) is 13.5. The second-order valence-electron chi connectivity index (χ2n) is 4.67. The van der Waals surface area contributed by atoms with E-state index in [0.717, 1.165) is 5.56 Å². The molecule has 3 rings (SSSR count). The van der Waals surface area contributed by atoms with Crippen LogP contribution in [0.1, 0.15) is 17.2 Å². The Balaban J connectivity index is 1.69. The summed E-state index contributed by atoms with van der Waals surface area (Å²) in [6.45, 7) is 0.515. The number of ether oxygens (including phenoxy) is 2. The predicted molar refractivity (Wildman–Crippen MR) is 77.2 cm³/mol. The van der Waals surface area contributed by atoms with Crippen LogP contribution in [-0.4, -0.2) is 18.4 Å². The molecule has 106 valence electrons. The van der Waals surface area contributed by atoms with Crippen LogP contribution in [0, 0.1) is 11.3 Å². The van der Waals surface area contributed by atoms with Gasteiger partial charge in [-0.05, 0) is 29.8 Å². The maximum Gasteiger partial charge on any atom is 0.231 e. The first-order valence-corrected chi connectivity index (χ1v) is 6.58. The first-order valence-electron chi connectivity index (χ1n) is 6.58. The number of benzene rings is 2. The lowest BCUT2D eigenvalue weighted by atomic mass is 10.1. The smallest absolute Gasteiger partial charge is 0.231 e. The molecule has 5 nitrogen and oxygen atoms in total. The molecular weight excluding hydrogens is 268 g/mol. The molecule has 0 saturated carbocycles. The Morgan fingerprint density at radius 1 is 1.19 bits per heavy atom. The summed E-state index contributed by atoms with van der Waals surface area (Å²) in [5, 5.41) is 22.3. The van der Waals surface area contributed by atoms with Gasteiger partial charge >= 0.3 is 0 Å². The van der Waals surface area contributed by atoms with Gasteiger partial charge in [-0.2, -0.15) is 5.26 Å². The molecule has 2 N–H and O–H groups in total. The second-order valence-corrected chi connectivity index (χ2v) is 4.67. The highest BCUT2D eigenvalue weighted by Gasteiger charge is 2.16. The zero-order chi connectivity index (χ0) is 14.7. The third kappa shape index (κ3) is 2.76. The van der Waals surface area contributed by atoms with E-state index in [4.69, 9.17) is 14.7 Å². The van der Waals surface area contributed by atoms with Gasteiger partial charge in [0.05, 0.1) is 17.4 Å².